The smallest absolute Gasteiger partial charge is 0.344 e. The molecule has 10 nitrogen and oxygen atoms in total. The van der Waals surface area contributed by atoms with Crippen molar-refractivity contribution in [2.45, 2.75) is 42.5 Å². The predicted molar refractivity (Wildman–Crippen MR) is 105 cm³/mol. The molecule has 154 valence electrons. The van der Waals surface area contributed by atoms with Crippen molar-refractivity contribution in [3.63, 3.8) is 0 Å². The van der Waals surface area contributed by atoms with Crippen LogP contribution in [0, 0.1) is 5.92 Å². The molecule has 1 aliphatic heterocycles. The van der Waals surface area contributed by atoms with E-state index in [1.807, 2.05) is 0 Å². The Morgan fingerprint density at radius 3 is 2.86 bits per heavy atom. The van der Waals surface area contributed by atoms with Gasteiger partial charge in [0.1, 0.15) is 5.54 Å². The third kappa shape index (κ3) is 4.73. The van der Waals surface area contributed by atoms with Crippen LogP contribution in [-0.4, -0.2) is 64.6 Å². The largest absolute Gasteiger partial charge is 0.383 e. The van der Waals surface area contributed by atoms with Gasteiger partial charge in [-0.15, -0.1) is 10.2 Å². The molecule has 1 spiro atoms. The van der Waals surface area contributed by atoms with Crippen molar-refractivity contribution >= 4 is 46.1 Å². The number of imide groups is 1. The molecule has 0 unspecified atom stereocenters. The zero-order chi connectivity index (χ0) is 20.1. The first-order valence-corrected chi connectivity index (χ1v) is 10.9. The molecule has 0 aromatic carbocycles. The molecule has 1 aromatic heterocycles. The maximum Gasteiger partial charge on any atom is 0.344 e. The molecular formula is C16H24N6O4S2. The Morgan fingerprint density at radius 2 is 2.14 bits per heavy atom. The molecule has 1 aromatic rings. The molecule has 0 bridgehead atoms. The van der Waals surface area contributed by atoms with Crippen LogP contribution >= 0.6 is 23.1 Å². The fraction of sp³-hybridized carbons (Fsp3) is 0.688. The van der Waals surface area contributed by atoms with Gasteiger partial charge in [0.2, 0.25) is 11.0 Å². The number of rotatable bonds is 8. The number of thioether (sulfide) groups is 1. The van der Waals surface area contributed by atoms with E-state index in [0.29, 0.717) is 41.4 Å². The Morgan fingerprint density at radius 1 is 1.39 bits per heavy atom. The molecule has 12 heteroatoms. The lowest BCUT2D eigenvalue weighted by Gasteiger charge is -2.33. The molecule has 2 fully saturated rings. The standard InChI is InChI=1S/C16H24N6O4S2/c1-10-3-5-16(6-4-10)12(24)22(14(25)18-16)21-11(23)9-27-15-20-19-13(28-15)17-7-8-26-2/h10H,3-9H2,1-2H3,(H,17,19)(H,18,25)(H,21,23). The number of carbonyl (C=O) groups excluding carboxylic acids is 3. The Kier molecular flexibility index (Phi) is 6.73. The van der Waals surface area contributed by atoms with Crippen molar-refractivity contribution in [3.8, 4) is 0 Å². The summed E-state index contributed by atoms with van der Waals surface area (Å²) in [6.07, 6.45) is 2.95. The minimum Gasteiger partial charge on any atom is -0.383 e. The van der Waals surface area contributed by atoms with Gasteiger partial charge in [-0.2, -0.15) is 5.01 Å². The maximum atomic E-state index is 12.7. The second-order valence-corrected chi connectivity index (χ2v) is 9.15. The first kappa shape index (κ1) is 20.8. The summed E-state index contributed by atoms with van der Waals surface area (Å²) in [5, 5.41) is 15.3. The number of carbonyl (C=O) groups is 3. The average Bonchev–Trinajstić information content (AvgIpc) is 3.21. The SMILES string of the molecule is COCCNc1nnc(SCC(=O)NN2C(=O)NC3(CCC(C)CC3)C2=O)s1. The summed E-state index contributed by atoms with van der Waals surface area (Å²) in [5.74, 6) is -0.258. The van der Waals surface area contributed by atoms with Crippen molar-refractivity contribution in [2.24, 2.45) is 5.92 Å². The number of ether oxygens (including phenoxy) is 1. The number of methoxy groups -OCH3 is 1. The number of amides is 4. The van der Waals surface area contributed by atoms with Crippen LogP contribution < -0.4 is 16.1 Å². The molecule has 1 saturated carbocycles. The van der Waals surface area contributed by atoms with E-state index < -0.39 is 17.5 Å². The van der Waals surface area contributed by atoms with E-state index in [0.717, 1.165) is 17.9 Å². The number of hydrogen-bond acceptors (Lipinski definition) is 9. The van der Waals surface area contributed by atoms with Gasteiger partial charge in [0.15, 0.2) is 4.34 Å². The summed E-state index contributed by atoms with van der Waals surface area (Å²) < 4.78 is 5.56. The summed E-state index contributed by atoms with van der Waals surface area (Å²) in [7, 11) is 1.61. The molecule has 4 amide bonds. The molecular weight excluding hydrogens is 404 g/mol. The van der Waals surface area contributed by atoms with Crippen molar-refractivity contribution in [3.05, 3.63) is 0 Å². The predicted octanol–water partition coefficient (Wildman–Crippen LogP) is 1.22. The summed E-state index contributed by atoms with van der Waals surface area (Å²) >= 11 is 2.51. The van der Waals surface area contributed by atoms with Crippen LogP contribution in [0.4, 0.5) is 9.93 Å². The van der Waals surface area contributed by atoms with Gasteiger partial charge in [0, 0.05) is 13.7 Å². The topological polar surface area (TPSA) is 126 Å². The second kappa shape index (κ2) is 9.05. The number of anilines is 1. The molecule has 3 N–H and O–H groups in total. The molecule has 28 heavy (non-hydrogen) atoms. The van der Waals surface area contributed by atoms with Crippen molar-refractivity contribution in [1.29, 1.82) is 0 Å². The van der Waals surface area contributed by atoms with Gasteiger partial charge in [-0.1, -0.05) is 30.0 Å². The Balaban J connectivity index is 1.48. The Labute approximate surface area is 171 Å². The molecule has 0 atom stereocenters. The fourth-order valence-corrected chi connectivity index (χ4v) is 4.77. The quantitative estimate of drug-likeness (QED) is 0.321. The monoisotopic (exact) mass is 428 g/mol. The maximum absolute atomic E-state index is 12.7. The van der Waals surface area contributed by atoms with Gasteiger partial charge in [-0.05, 0) is 31.6 Å². The fourth-order valence-electron chi connectivity index (χ4n) is 3.20. The van der Waals surface area contributed by atoms with Crippen LogP contribution in [0.2, 0.25) is 0 Å². The first-order chi connectivity index (χ1) is 13.4. The lowest BCUT2D eigenvalue weighted by Crippen LogP contribution is -2.51. The number of nitrogens with zero attached hydrogens (tertiary/aromatic N) is 3. The molecule has 0 radical (unpaired) electrons. The van der Waals surface area contributed by atoms with Crippen LogP contribution in [0.1, 0.15) is 32.6 Å². The third-order valence-electron chi connectivity index (χ3n) is 4.84. The zero-order valence-corrected chi connectivity index (χ0v) is 17.5. The van der Waals surface area contributed by atoms with Gasteiger partial charge in [0.05, 0.1) is 12.4 Å². The van der Waals surface area contributed by atoms with Crippen LogP contribution in [0.15, 0.2) is 4.34 Å². The number of hydrogen-bond donors (Lipinski definition) is 3. The van der Waals surface area contributed by atoms with Gasteiger partial charge >= 0.3 is 6.03 Å². The minimum atomic E-state index is -0.869. The summed E-state index contributed by atoms with van der Waals surface area (Å²) in [6, 6.07) is -0.571. The highest BCUT2D eigenvalue weighted by Gasteiger charge is 2.52. The second-order valence-electron chi connectivity index (χ2n) is 6.95. The van der Waals surface area contributed by atoms with Crippen LogP contribution in [-0.2, 0) is 14.3 Å². The number of aromatic nitrogens is 2. The van der Waals surface area contributed by atoms with Gasteiger partial charge in [-0.25, -0.2) is 4.79 Å². The Bertz CT molecular complexity index is 734. The molecule has 2 aliphatic rings. The first-order valence-electron chi connectivity index (χ1n) is 9.09. The van der Waals surface area contributed by atoms with E-state index in [2.05, 4.69) is 33.2 Å². The highest BCUT2D eigenvalue weighted by Crippen LogP contribution is 2.35. The zero-order valence-electron chi connectivity index (χ0n) is 15.8. The minimum absolute atomic E-state index is 0.0216. The molecule has 2 heterocycles. The van der Waals surface area contributed by atoms with E-state index in [1.54, 1.807) is 7.11 Å². The van der Waals surface area contributed by atoms with Gasteiger partial charge < -0.3 is 15.4 Å². The molecule has 1 aliphatic carbocycles. The van der Waals surface area contributed by atoms with E-state index in [9.17, 15) is 14.4 Å². The van der Waals surface area contributed by atoms with E-state index >= 15 is 0 Å². The van der Waals surface area contributed by atoms with Crippen LogP contribution in [0.25, 0.3) is 0 Å². The molecule has 3 rings (SSSR count). The normalized spacial score (nSPS) is 24.5. The highest BCUT2D eigenvalue weighted by atomic mass is 32.2. The number of hydrazine groups is 1. The lowest BCUT2D eigenvalue weighted by molar-refractivity contribution is -0.139. The number of urea groups is 1. The number of nitrogens with one attached hydrogen (secondary N) is 3. The third-order valence-corrected chi connectivity index (χ3v) is 6.86. The van der Waals surface area contributed by atoms with Crippen LogP contribution in [0.3, 0.4) is 0 Å². The average molecular weight is 429 g/mol. The van der Waals surface area contributed by atoms with Crippen LogP contribution in [0.5, 0.6) is 0 Å². The molecule has 1 saturated heterocycles. The van der Waals surface area contributed by atoms with Crippen molar-refractivity contribution in [2.75, 3.05) is 31.3 Å². The summed E-state index contributed by atoms with van der Waals surface area (Å²) in [4.78, 5) is 37.2. The van der Waals surface area contributed by atoms with E-state index in [-0.39, 0.29) is 11.7 Å². The van der Waals surface area contributed by atoms with Gasteiger partial charge in [-0.3, -0.25) is 15.0 Å². The summed E-state index contributed by atoms with van der Waals surface area (Å²) in [6.45, 7) is 3.30. The van der Waals surface area contributed by atoms with E-state index in [1.165, 1.54) is 23.1 Å². The Hall–Kier alpha value is -1.92. The van der Waals surface area contributed by atoms with Crippen molar-refractivity contribution < 1.29 is 19.1 Å². The van der Waals surface area contributed by atoms with E-state index in [4.69, 9.17) is 4.74 Å². The lowest BCUT2D eigenvalue weighted by atomic mass is 9.77. The van der Waals surface area contributed by atoms with Crippen molar-refractivity contribution in [1.82, 2.24) is 25.9 Å². The van der Waals surface area contributed by atoms with Gasteiger partial charge in [0.25, 0.3) is 5.91 Å². The summed E-state index contributed by atoms with van der Waals surface area (Å²) in [5.41, 5.74) is 1.55. The highest BCUT2D eigenvalue weighted by molar-refractivity contribution is 8.01.